The molecular formula is C21H17ClF4N4O3S. The van der Waals surface area contributed by atoms with Crippen LogP contribution in [0.25, 0.3) is 0 Å². The van der Waals surface area contributed by atoms with Crippen molar-refractivity contribution < 1.29 is 31.3 Å². The molecule has 7 nitrogen and oxygen atoms in total. The first kappa shape index (κ1) is 25.4. The fourth-order valence-corrected chi connectivity index (χ4v) is 3.86. The number of anilines is 1. The van der Waals surface area contributed by atoms with Crippen LogP contribution >= 0.6 is 11.6 Å². The van der Waals surface area contributed by atoms with Crippen molar-refractivity contribution in [2.45, 2.75) is 24.9 Å². The van der Waals surface area contributed by atoms with E-state index >= 15 is 0 Å². The van der Waals surface area contributed by atoms with Crippen molar-refractivity contribution >= 4 is 32.9 Å². The van der Waals surface area contributed by atoms with Crippen molar-refractivity contribution in [1.29, 1.82) is 4.78 Å². The Kier molecular flexibility index (Phi) is 6.85. The smallest absolute Gasteiger partial charge is 0.435 e. The van der Waals surface area contributed by atoms with Crippen LogP contribution in [0.5, 0.6) is 11.6 Å². The topological polar surface area (TPSA) is 105 Å². The molecule has 1 heterocycles. The molecule has 1 aromatic heterocycles. The number of nitrogens with zero attached hydrogens (tertiary/aromatic N) is 2. The quantitative estimate of drug-likeness (QED) is 0.406. The Morgan fingerprint density at radius 1 is 1.15 bits per heavy atom. The fraction of sp³-hybridized carbons (Fsp3) is 0.190. The Hall–Kier alpha value is -3.25. The number of rotatable bonds is 5. The Bertz CT molecular complexity index is 1400. The van der Waals surface area contributed by atoms with E-state index in [0.717, 1.165) is 6.92 Å². The van der Waals surface area contributed by atoms with E-state index in [2.05, 4.69) is 15.5 Å². The largest absolute Gasteiger partial charge is 0.437 e. The summed E-state index contributed by atoms with van der Waals surface area (Å²) < 4.78 is 79.6. The average Bonchev–Trinajstić information content (AvgIpc) is 2.73. The number of ether oxygens (including phenoxy) is 1. The average molecular weight is 517 g/mol. The van der Waals surface area contributed by atoms with Crippen molar-refractivity contribution in [2.75, 3.05) is 11.6 Å². The summed E-state index contributed by atoms with van der Waals surface area (Å²) in [4.78, 5) is 13.2. The maximum absolute atomic E-state index is 14.2. The molecule has 2 aromatic carbocycles. The molecule has 0 saturated carbocycles. The number of benzene rings is 2. The predicted octanol–water partition coefficient (Wildman–Crippen LogP) is 5.98. The third kappa shape index (κ3) is 5.28. The first-order valence-electron chi connectivity index (χ1n) is 9.42. The second-order valence-electron chi connectivity index (χ2n) is 7.26. The maximum Gasteiger partial charge on any atom is 0.435 e. The molecule has 1 amide bonds. The molecule has 0 spiro atoms. The summed E-state index contributed by atoms with van der Waals surface area (Å²) in [7, 11) is -3.11. The van der Waals surface area contributed by atoms with E-state index < -0.39 is 50.3 Å². The molecule has 0 aliphatic rings. The molecule has 0 bridgehead atoms. The van der Waals surface area contributed by atoms with Crippen molar-refractivity contribution in [3.63, 3.8) is 0 Å². The number of carbonyl (C=O) groups is 1. The molecule has 0 fully saturated rings. The van der Waals surface area contributed by atoms with E-state index in [0.29, 0.717) is 0 Å². The lowest BCUT2D eigenvalue weighted by molar-refractivity contribution is -0.142. The van der Waals surface area contributed by atoms with Crippen LogP contribution in [0.3, 0.4) is 0 Å². The molecule has 1 atom stereocenters. The number of alkyl halides is 3. The normalized spacial score (nSPS) is 13.3. The minimum absolute atomic E-state index is 0.0564. The molecule has 0 aliphatic heterocycles. The van der Waals surface area contributed by atoms with Crippen LogP contribution in [-0.2, 0) is 15.9 Å². The van der Waals surface area contributed by atoms with E-state index in [9.17, 15) is 26.6 Å². The molecule has 34 heavy (non-hydrogen) atoms. The molecule has 3 rings (SSSR count). The number of halogens is 5. The lowest BCUT2D eigenvalue weighted by Crippen LogP contribution is -2.21. The highest BCUT2D eigenvalue weighted by atomic mass is 35.5. The highest BCUT2D eigenvalue weighted by molar-refractivity contribution is 7.91. The SMILES string of the molecule is Cc1c(Oc2nnc(C(F)(F)F)c(C)c2C(=O)Nc2cccc([S@@](C)(=N)=O)c2)ccc(Cl)c1F. The first-order chi connectivity index (χ1) is 15.7. The number of hydrogen-bond acceptors (Lipinski definition) is 6. The minimum atomic E-state index is -4.91. The minimum Gasteiger partial charge on any atom is -0.437 e. The van der Waals surface area contributed by atoms with Crippen LogP contribution in [0.2, 0.25) is 5.02 Å². The van der Waals surface area contributed by atoms with Gasteiger partial charge in [0, 0.05) is 22.4 Å². The van der Waals surface area contributed by atoms with Gasteiger partial charge in [0.15, 0.2) is 5.69 Å². The van der Waals surface area contributed by atoms with Gasteiger partial charge in [-0.1, -0.05) is 17.7 Å². The van der Waals surface area contributed by atoms with E-state index in [1.807, 2.05) is 0 Å². The maximum atomic E-state index is 14.2. The van der Waals surface area contributed by atoms with Gasteiger partial charge in [-0.15, -0.1) is 10.2 Å². The number of hydrogen-bond donors (Lipinski definition) is 2. The standard InChI is InChI=1S/C21H17ClF4N4O3S/c1-10-15(8-7-14(22)17(10)23)33-20-16(11(2)18(29-30-20)21(24,25)26)19(31)28-12-5-4-6-13(9-12)34(3,27)32/h4-9,27H,1-3H3,(H,28,31)/t34-/m0/s1. The summed E-state index contributed by atoms with van der Waals surface area (Å²) in [6.07, 6.45) is -3.73. The monoisotopic (exact) mass is 516 g/mol. The molecule has 0 unspecified atom stereocenters. The highest BCUT2D eigenvalue weighted by Gasteiger charge is 2.38. The Morgan fingerprint density at radius 3 is 2.44 bits per heavy atom. The Balaban J connectivity index is 2.10. The fourth-order valence-electron chi connectivity index (χ4n) is 2.97. The van der Waals surface area contributed by atoms with Crippen molar-refractivity contribution in [1.82, 2.24) is 10.2 Å². The zero-order valence-electron chi connectivity index (χ0n) is 17.9. The van der Waals surface area contributed by atoms with Gasteiger partial charge in [-0.2, -0.15) is 13.2 Å². The van der Waals surface area contributed by atoms with Gasteiger partial charge in [-0.05, 0) is 49.7 Å². The van der Waals surface area contributed by atoms with Gasteiger partial charge in [0.25, 0.3) is 11.8 Å². The van der Waals surface area contributed by atoms with Crippen LogP contribution in [0, 0.1) is 24.4 Å². The Morgan fingerprint density at radius 2 is 1.82 bits per heavy atom. The summed E-state index contributed by atoms with van der Waals surface area (Å²) >= 11 is 5.72. The lowest BCUT2D eigenvalue weighted by atomic mass is 10.1. The van der Waals surface area contributed by atoms with E-state index in [-0.39, 0.29) is 26.9 Å². The summed E-state index contributed by atoms with van der Waals surface area (Å²) in [6.45, 7) is 2.35. The van der Waals surface area contributed by atoms with E-state index in [1.54, 1.807) is 0 Å². The summed E-state index contributed by atoms with van der Waals surface area (Å²) in [5.41, 5.74) is -2.54. The molecule has 0 radical (unpaired) electrons. The lowest BCUT2D eigenvalue weighted by Gasteiger charge is -2.17. The molecule has 13 heteroatoms. The summed E-state index contributed by atoms with van der Waals surface area (Å²) in [5, 5.41) is 8.78. The summed E-state index contributed by atoms with van der Waals surface area (Å²) in [5.74, 6) is -2.57. The van der Waals surface area contributed by atoms with Crippen LogP contribution in [-0.4, -0.2) is 26.6 Å². The van der Waals surface area contributed by atoms with Gasteiger partial charge in [-0.25, -0.2) is 13.4 Å². The second kappa shape index (κ2) is 9.18. The summed E-state index contributed by atoms with van der Waals surface area (Å²) in [6, 6.07) is 7.96. The van der Waals surface area contributed by atoms with Crippen molar-refractivity contribution in [2.24, 2.45) is 0 Å². The van der Waals surface area contributed by atoms with Gasteiger partial charge < -0.3 is 10.1 Å². The van der Waals surface area contributed by atoms with Crippen LogP contribution in [0.4, 0.5) is 23.2 Å². The Labute approximate surface area is 197 Å². The zero-order chi connectivity index (χ0) is 25.4. The third-order valence-electron chi connectivity index (χ3n) is 4.72. The second-order valence-corrected chi connectivity index (χ2v) is 9.83. The van der Waals surface area contributed by atoms with E-state index in [1.165, 1.54) is 49.6 Å². The number of amides is 1. The van der Waals surface area contributed by atoms with Gasteiger partial charge in [-0.3, -0.25) is 4.79 Å². The molecule has 3 aromatic rings. The van der Waals surface area contributed by atoms with E-state index in [4.69, 9.17) is 21.1 Å². The zero-order valence-corrected chi connectivity index (χ0v) is 19.5. The van der Waals surface area contributed by atoms with Gasteiger partial charge >= 0.3 is 6.18 Å². The van der Waals surface area contributed by atoms with Crippen LogP contribution < -0.4 is 10.1 Å². The predicted molar refractivity (Wildman–Crippen MR) is 117 cm³/mol. The molecule has 0 aliphatic carbocycles. The van der Waals surface area contributed by atoms with Gasteiger partial charge in [0.05, 0.1) is 14.8 Å². The highest BCUT2D eigenvalue weighted by Crippen LogP contribution is 2.36. The molecule has 0 saturated heterocycles. The molecule has 2 N–H and O–H groups in total. The van der Waals surface area contributed by atoms with Crippen LogP contribution in [0.1, 0.15) is 27.2 Å². The molecule has 180 valence electrons. The van der Waals surface area contributed by atoms with Gasteiger partial charge in [0.2, 0.25) is 0 Å². The van der Waals surface area contributed by atoms with Crippen LogP contribution in [0.15, 0.2) is 41.3 Å². The number of aromatic nitrogens is 2. The van der Waals surface area contributed by atoms with Crippen molar-refractivity contribution in [3.8, 4) is 11.6 Å². The first-order valence-corrected chi connectivity index (χ1v) is 11.8. The van der Waals surface area contributed by atoms with Gasteiger partial charge in [0.1, 0.15) is 17.1 Å². The number of nitrogens with one attached hydrogen (secondary N) is 2. The third-order valence-corrected chi connectivity index (χ3v) is 6.16. The molecular weight excluding hydrogens is 500 g/mol. The number of carbonyl (C=O) groups excluding carboxylic acids is 1. The van der Waals surface area contributed by atoms with Crippen molar-refractivity contribution in [3.05, 3.63) is 69.6 Å².